The number of hydrogen-bond acceptors (Lipinski definition) is 5. The quantitative estimate of drug-likeness (QED) is 0.667. The minimum atomic E-state index is -0.684. The first-order valence-corrected chi connectivity index (χ1v) is 7.61. The lowest BCUT2D eigenvalue weighted by molar-refractivity contribution is -0.00221. The van der Waals surface area contributed by atoms with Gasteiger partial charge in [-0.3, -0.25) is 4.79 Å². The lowest BCUT2D eigenvalue weighted by atomic mass is 9.94. The molecule has 1 aromatic heterocycles. The maximum atomic E-state index is 12.4. The predicted molar refractivity (Wildman–Crippen MR) is 74.6 cm³/mol. The van der Waals surface area contributed by atoms with Gasteiger partial charge in [0.1, 0.15) is 0 Å². The summed E-state index contributed by atoms with van der Waals surface area (Å²) < 4.78 is 0. The van der Waals surface area contributed by atoms with Crippen LogP contribution in [0.25, 0.3) is 0 Å². The van der Waals surface area contributed by atoms with E-state index >= 15 is 0 Å². The number of carbonyl (C=O) groups excluding carboxylic acids is 1. The third-order valence-electron chi connectivity index (χ3n) is 3.23. The smallest absolute Gasteiger partial charge is 0.274 e. The van der Waals surface area contributed by atoms with Crippen LogP contribution in [0.3, 0.4) is 0 Å². The van der Waals surface area contributed by atoms with Crippen LogP contribution in [0.1, 0.15) is 30.3 Å². The maximum Gasteiger partial charge on any atom is 0.274 e. The first-order valence-electron chi connectivity index (χ1n) is 6.01. The molecule has 0 radical (unpaired) electrons. The molecular formula is C12H16ClN3O2S. The van der Waals surface area contributed by atoms with E-state index in [0.717, 1.165) is 0 Å². The van der Waals surface area contributed by atoms with Crippen molar-refractivity contribution in [2.24, 2.45) is 0 Å². The summed E-state index contributed by atoms with van der Waals surface area (Å²) in [6.07, 6.45) is 4.43. The Kier molecular flexibility index (Phi) is 4.32. The maximum absolute atomic E-state index is 12.4. The van der Waals surface area contributed by atoms with Crippen molar-refractivity contribution in [3.63, 3.8) is 0 Å². The Balaban J connectivity index is 2.16. The van der Waals surface area contributed by atoms with Crippen LogP contribution < -0.4 is 0 Å². The van der Waals surface area contributed by atoms with Crippen LogP contribution in [0.2, 0.25) is 5.02 Å². The van der Waals surface area contributed by atoms with Crippen molar-refractivity contribution in [1.29, 1.82) is 0 Å². The first kappa shape index (κ1) is 14.6. The van der Waals surface area contributed by atoms with E-state index in [1.807, 2.05) is 6.26 Å². The second kappa shape index (κ2) is 5.64. The van der Waals surface area contributed by atoms with Crippen LogP contribution in [0.5, 0.6) is 0 Å². The summed E-state index contributed by atoms with van der Waals surface area (Å²) in [5.41, 5.74) is -0.445. The second-order valence-electron chi connectivity index (χ2n) is 4.84. The van der Waals surface area contributed by atoms with E-state index in [4.69, 9.17) is 11.6 Å². The fraction of sp³-hybridized carbons (Fsp3) is 0.583. The Morgan fingerprint density at radius 1 is 1.53 bits per heavy atom. The van der Waals surface area contributed by atoms with Crippen LogP contribution in [0.15, 0.2) is 11.4 Å². The summed E-state index contributed by atoms with van der Waals surface area (Å²) in [7, 11) is 0. The molecule has 0 spiro atoms. The van der Waals surface area contributed by atoms with Crippen molar-refractivity contribution in [3.8, 4) is 0 Å². The number of thioether (sulfide) groups is 1. The lowest BCUT2D eigenvalue weighted by Gasteiger charge is -2.35. The molecule has 7 heteroatoms. The fourth-order valence-electron chi connectivity index (χ4n) is 1.94. The van der Waals surface area contributed by atoms with Gasteiger partial charge >= 0.3 is 0 Å². The molecule has 2 heterocycles. The van der Waals surface area contributed by atoms with E-state index < -0.39 is 5.60 Å². The zero-order chi connectivity index (χ0) is 14.0. The van der Waals surface area contributed by atoms with Gasteiger partial charge in [-0.15, -0.1) is 0 Å². The number of aliphatic hydroxyl groups is 1. The highest BCUT2D eigenvalue weighted by molar-refractivity contribution is 7.98. The van der Waals surface area contributed by atoms with Gasteiger partial charge in [-0.25, -0.2) is 9.97 Å². The highest BCUT2D eigenvalue weighted by atomic mass is 35.5. The van der Waals surface area contributed by atoms with E-state index in [0.29, 0.717) is 31.1 Å². The lowest BCUT2D eigenvalue weighted by Crippen LogP contribution is -2.45. The summed E-state index contributed by atoms with van der Waals surface area (Å²) in [6, 6.07) is 0. The normalized spacial score (nSPS) is 18.4. The van der Waals surface area contributed by atoms with Gasteiger partial charge in [0.05, 0.1) is 16.8 Å². The largest absolute Gasteiger partial charge is 0.390 e. The zero-order valence-electron chi connectivity index (χ0n) is 10.9. The van der Waals surface area contributed by atoms with Gasteiger partial charge in [0.2, 0.25) is 0 Å². The molecule has 1 aliphatic rings. The monoisotopic (exact) mass is 301 g/mol. The number of amides is 1. The minimum absolute atomic E-state index is 0.196. The number of halogens is 1. The molecule has 1 aromatic rings. The fourth-order valence-corrected chi connectivity index (χ4v) is 2.45. The summed E-state index contributed by atoms with van der Waals surface area (Å²) in [5.74, 6) is -0.196. The van der Waals surface area contributed by atoms with E-state index in [1.54, 1.807) is 11.8 Å². The highest BCUT2D eigenvalue weighted by Crippen LogP contribution is 2.24. The molecule has 0 aromatic carbocycles. The molecule has 1 saturated heterocycles. The number of rotatable bonds is 2. The van der Waals surface area contributed by atoms with Crippen molar-refractivity contribution in [2.75, 3.05) is 19.3 Å². The Labute approximate surface area is 121 Å². The summed E-state index contributed by atoms with van der Waals surface area (Å²) in [4.78, 5) is 22.2. The summed E-state index contributed by atoms with van der Waals surface area (Å²) in [6.45, 7) is 2.82. The number of aromatic nitrogens is 2. The molecular weight excluding hydrogens is 286 g/mol. The molecule has 1 fully saturated rings. The molecule has 2 rings (SSSR count). The average Bonchev–Trinajstić information content (AvgIpc) is 2.38. The van der Waals surface area contributed by atoms with E-state index in [9.17, 15) is 9.90 Å². The first-order chi connectivity index (χ1) is 8.93. The number of likely N-dealkylation sites (tertiary alicyclic amines) is 1. The molecule has 0 bridgehead atoms. The molecule has 104 valence electrons. The standard InChI is InChI=1S/C12H16ClN3O2S/c1-12(18)3-5-16(6-4-12)10(17)9-8(13)7-14-11(15-9)19-2/h7,18H,3-6H2,1-2H3. The van der Waals surface area contributed by atoms with Crippen molar-refractivity contribution < 1.29 is 9.90 Å². The Morgan fingerprint density at radius 3 is 2.74 bits per heavy atom. The van der Waals surface area contributed by atoms with Gasteiger partial charge in [-0.05, 0) is 26.0 Å². The van der Waals surface area contributed by atoms with Crippen LogP contribution >= 0.6 is 23.4 Å². The van der Waals surface area contributed by atoms with E-state index in [1.165, 1.54) is 18.0 Å². The number of nitrogens with zero attached hydrogens (tertiary/aromatic N) is 3. The Morgan fingerprint density at radius 2 is 2.16 bits per heavy atom. The van der Waals surface area contributed by atoms with Crippen LogP contribution in [0.4, 0.5) is 0 Å². The molecule has 19 heavy (non-hydrogen) atoms. The molecule has 0 atom stereocenters. The van der Waals surface area contributed by atoms with Gasteiger partial charge in [-0.1, -0.05) is 23.4 Å². The third-order valence-corrected chi connectivity index (χ3v) is 4.07. The zero-order valence-corrected chi connectivity index (χ0v) is 12.5. The van der Waals surface area contributed by atoms with E-state index in [-0.39, 0.29) is 16.6 Å². The van der Waals surface area contributed by atoms with E-state index in [2.05, 4.69) is 9.97 Å². The Bertz CT molecular complexity index is 486. The molecule has 0 saturated carbocycles. The van der Waals surface area contributed by atoms with Crippen molar-refractivity contribution in [1.82, 2.24) is 14.9 Å². The topological polar surface area (TPSA) is 66.3 Å². The van der Waals surface area contributed by atoms with Gasteiger partial charge in [0.25, 0.3) is 5.91 Å². The third kappa shape index (κ3) is 3.38. The number of hydrogen-bond donors (Lipinski definition) is 1. The molecule has 1 aliphatic heterocycles. The van der Waals surface area contributed by atoms with Crippen LogP contribution in [-0.2, 0) is 0 Å². The van der Waals surface area contributed by atoms with Gasteiger partial charge in [-0.2, -0.15) is 0 Å². The number of piperidine rings is 1. The van der Waals surface area contributed by atoms with Gasteiger partial charge < -0.3 is 10.0 Å². The average molecular weight is 302 g/mol. The Hall–Kier alpha value is -0.850. The van der Waals surface area contributed by atoms with Crippen LogP contribution in [0, 0.1) is 0 Å². The molecule has 1 amide bonds. The second-order valence-corrected chi connectivity index (χ2v) is 6.02. The SMILES string of the molecule is CSc1ncc(Cl)c(C(=O)N2CCC(C)(O)CC2)n1. The summed E-state index contributed by atoms with van der Waals surface area (Å²) in [5, 5.41) is 10.7. The van der Waals surface area contributed by atoms with Gasteiger partial charge in [0.15, 0.2) is 10.9 Å². The van der Waals surface area contributed by atoms with Crippen LogP contribution in [-0.4, -0.2) is 50.8 Å². The van der Waals surface area contributed by atoms with Crippen molar-refractivity contribution in [3.05, 3.63) is 16.9 Å². The number of carbonyl (C=O) groups is 1. The van der Waals surface area contributed by atoms with Gasteiger partial charge in [0, 0.05) is 13.1 Å². The molecule has 5 nitrogen and oxygen atoms in total. The molecule has 0 unspecified atom stereocenters. The summed E-state index contributed by atoms with van der Waals surface area (Å²) >= 11 is 7.36. The highest BCUT2D eigenvalue weighted by Gasteiger charge is 2.31. The molecule has 1 N–H and O–H groups in total. The predicted octanol–water partition coefficient (Wildman–Crippen LogP) is 1.84. The molecule has 0 aliphatic carbocycles. The minimum Gasteiger partial charge on any atom is -0.390 e. The van der Waals surface area contributed by atoms with Crippen molar-refractivity contribution in [2.45, 2.75) is 30.5 Å². The van der Waals surface area contributed by atoms with Crippen molar-refractivity contribution >= 4 is 29.3 Å².